The lowest BCUT2D eigenvalue weighted by atomic mass is 10.0. The monoisotopic (exact) mass is 270 g/mol. The topological polar surface area (TPSA) is 48.1 Å². The van der Waals surface area contributed by atoms with E-state index in [4.69, 9.17) is 5.73 Å². The molecule has 0 aliphatic carbocycles. The third-order valence-corrected chi connectivity index (χ3v) is 2.64. The van der Waals surface area contributed by atoms with E-state index in [1.165, 1.54) is 0 Å². The molecule has 0 saturated carbocycles. The van der Waals surface area contributed by atoms with Crippen LogP contribution >= 0.6 is 0 Å². The van der Waals surface area contributed by atoms with E-state index >= 15 is 0 Å². The largest absolute Gasteiger partial charge is 0.411 e. The lowest BCUT2D eigenvalue weighted by Gasteiger charge is -2.15. The zero-order chi connectivity index (χ0) is 13.9. The maximum atomic E-state index is 12.0. The van der Waals surface area contributed by atoms with Crippen LogP contribution in [0.3, 0.4) is 0 Å². The number of hydrogen-bond donors (Lipinski definition) is 1. The maximum absolute atomic E-state index is 12.0. The van der Waals surface area contributed by atoms with Crippen molar-refractivity contribution in [3.05, 3.63) is 42.1 Å². The van der Waals surface area contributed by atoms with Gasteiger partial charge in [0.1, 0.15) is 6.61 Å². The lowest BCUT2D eigenvalue weighted by molar-refractivity contribution is -0.174. The van der Waals surface area contributed by atoms with E-state index in [9.17, 15) is 13.2 Å². The third-order valence-electron chi connectivity index (χ3n) is 2.64. The quantitative estimate of drug-likeness (QED) is 0.929. The van der Waals surface area contributed by atoms with Crippen LogP contribution in [0.4, 0.5) is 13.2 Å². The minimum Gasteiger partial charge on any atom is -0.370 e. The SMILES string of the molecule is NC(COCC(F)(F)F)c1cccc2ncccc12. The van der Waals surface area contributed by atoms with Gasteiger partial charge in [-0.1, -0.05) is 18.2 Å². The highest BCUT2D eigenvalue weighted by Gasteiger charge is 2.27. The number of alkyl halides is 3. The summed E-state index contributed by atoms with van der Waals surface area (Å²) in [6.45, 7) is -1.47. The fourth-order valence-corrected chi connectivity index (χ4v) is 1.84. The Morgan fingerprint density at radius 1 is 1.21 bits per heavy atom. The molecule has 0 aliphatic rings. The Kier molecular flexibility index (Phi) is 4.01. The summed E-state index contributed by atoms with van der Waals surface area (Å²) in [5.41, 5.74) is 7.36. The van der Waals surface area contributed by atoms with Crippen molar-refractivity contribution in [1.82, 2.24) is 4.98 Å². The third kappa shape index (κ3) is 3.65. The van der Waals surface area contributed by atoms with Gasteiger partial charge in [-0.15, -0.1) is 0 Å². The Balaban J connectivity index is 2.11. The van der Waals surface area contributed by atoms with Gasteiger partial charge in [0.15, 0.2) is 0 Å². The normalized spacial score (nSPS) is 13.7. The Labute approximate surface area is 108 Å². The van der Waals surface area contributed by atoms with E-state index in [0.29, 0.717) is 0 Å². The molecule has 1 atom stereocenters. The van der Waals surface area contributed by atoms with Crippen molar-refractivity contribution in [3.8, 4) is 0 Å². The van der Waals surface area contributed by atoms with Gasteiger partial charge in [-0.2, -0.15) is 13.2 Å². The standard InChI is InChI=1S/C13H13F3N2O/c14-13(15,16)8-19-7-11(17)9-3-1-5-12-10(9)4-2-6-18-12/h1-6,11H,7-8,17H2. The van der Waals surface area contributed by atoms with E-state index in [1.807, 2.05) is 12.1 Å². The average Bonchev–Trinajstić information content (AvgIpc) is 2.36. The molecule has 102 valence electrons. The highest BCUT2D eigenvalue weighted by atomic mass is 19.4. The highest BCUT2D eigenvalue weighted by molar-refractivity contribution is 5.82. The molecule has 0 bridgehead atoms. The zero-order valence-corrected chi connectivity index (χ0v) is 10.0. The van der Waals surface area contributed by atoms with Gasteiger partial charge in [-0.3, -0.25) is 4.98 Å². The summed E-state index contributed by atoms with van der Waals surface area (Å²) in [4.78, 5) is 4.17. The minimum atomic E-state index is -4.33. The molecular weight excluding hydrogens is 257 g/mol. The van der Waals surface area contributed by atoms with Crippen LogP contribution in [0.1, 0.15) is 11.6 Å². The van der Waals surface area contributed by atoms with E-state index in [-0.39, 0.29) is 6.61 Å². The fraction of sp³-hybridized carbons (Fsp3) is 0.308. The van der Waals surface area contributed by atoms with Crippen molar-refractivity contribution >= 4 is 10.9 Å². The van der Waals surface area contributed by atoms with E-state index < -0.39 is 18.8 Å². The van der Waals surface area contributed by atoms with Gasteiger partial charge < -0.3 is 10.5 Å². The second-order valence-corrected chi connectivity index (χ2v) is 4.15. The molecule has 0 saturated heterocycles. The van der Waals surface area contributed by atoms with Gasteiger partial charge >= 0.3 is 6.18 Å². The molecule has 1 unspecified atom stereocenters. The predicted octanol–water partition coefficient (Wildman–Crippen LogP) is 2.81. The number of rotatable bonds is 4. The van der Waals surface area contributed by atoms with Crippen LogP contribution in [0.15, 0.2) is 36.5 Å². The van der Waals surface area contributed by atoms with E-state index in [0.717, 1.165) is 16.5 Å². The molecule has 0 fully saturated rings. The first-order valence-electron chi connectivity index (χ1n) is 5.71. The van der Waals surface area contributed by atoms with Crippen molar-refractivity contribution in [2.45, 2.75) is 12.2 Å². The van der Waals surface area contributed by atoms with Gasteiger partial charge in [0, 0.05) is 11.6 Å². The van der Waals surface area contributed by atoms with Crippen molar-refractivity contribution in [1.29, 1.82) is 0 Å². The first-order chi connectivity index (χ1) is 8.97. The second kappa shape index (κ2) is 5.54. The molecule has 1 aromatic carbocycles. The summed E-state index contributed by atoms with van der Waals surface area (Å²) in [5, 5.41) is 0.827. The van der Waals surface area contributed by atoms with E-state index in [2.05, 4.69) is 9.72 Å². The molecule has 2 aromatic rings. The lowest BCUT2D eigenvalue weighted by Crippen LogP contribution is -2.23. The summed E-state index contributed by atoms with van der Waals surface area (Å²) >= 11 is 0. The Bertz CT molecular complexity index is 552. The minimum absolute atomic E-state index is 0.187. The number of aromatic nitrogens is 1. The molecule has 6 heteroatoms. The first-order valence-corrected chi connectivity index (χ1v) is 5.71. The molecule has 0 amide bonds. The van der Waals surface area contributed by atoms with Crippen LogP contribution in [0.25, 0.3) is 10.9 Å². The molecule has 2 rings (SSSR count). The van der Waals surface area contributed by atoms with Gasteiger partial charge in [-0.25, -0.2) is 0 Å². The molecule has 19 heavy (non-hydrogen) atoms. The summed E-state index contributed by atoms with van der Waals surface area (Å²) in [6, 6.07) is 8.34. The first kappa shape index (κ1) is 13.8. The number of ether oxygens (including phenoxy) is 1. The Morgan fingerprint density at radius 2 is 2.00 bits per heavy atom. The van der Waals surface area contributed by atoms with Crippen LogP contribution in [0.5, 0.6) is 0 Å². The van der Waals surface area contributed by atoms with Crippen molar-refractivity contribution in [2.24, 2.45) is 5.73 Å². The van der Waals surface area contributed by atoms with Gasteiger partial charge in [0.2, 0.25) is 0 Å². The zero-order valence-electron chi connectivity index (χ0n) is 10.0. The molecular formula is C13H13F3N2O. The summed E-state index contributed by atoms with van der Waals surface area (Å²) < 4.78 is 40.5. The number of pyridine rings is 1. The van der Waals surface area contributed by atoms with E-state index in [1.54, 1.807) is 24.4 Å². The molecule has 0 spiro atoms. The number of halogens is 3. The number of hydrogen-bond acceptors (Lipinski definition) is 3. The fourth-order valence-electron chi connectivity index (χ4n) is 1.84. The Hall–Kier alpha value is -1.66. The molecule has 0 radical (unpaired) electrons. The number of nitrogens with two attached hydrogens (primary N) is 1. The number of nitrogens with zero attached hydrogens (tertiary/aromatic N) is 1. The van der Waals surface area contributed by atoms with Gasteiger partial charge in [0.25, 0.3) is 0 Å². The maximum Gasteiger partial charge on any atom is 0.411 e. The van der Waals surface area contributed by atoms with Gasteiger partial charge in [0.05, 0.1) is 18.2 Å². The molecule has 1 aromatic heterocycles. The number of benzene rings is 1. The second-order valence-electron chi connectivity index (χ2n) is 4.15. The average molecular weight is 270 g/mol. The predicted molar refractivity (Wildman–Crippen MR) is 65.5 cm³/mol. The van der Waals surface area contributed by atoms with Crippen LogP contribution in [-0.2, 0) is 4.74 Å². The highest BCUT2D eigenvalue weighted by Crippen LogP contribution is 2.22. The van der Waals surface area contributed by atoms with Crippen LogP contribution in [0, 0.1) is 0 Å². The summed E-state index contributed by atoms with van der Waals surface area (Å²) in [5.74, 6) is 0. The molecule has 0 aliphatic heterocycles. The summed E-state index contributed by atoms with van der Waals surface area (Å²) in [6.07, 6.45) is -2.68. The van der Waals surface area contributed by atoms with Crippen LogP contribution in [0.2, 0.25) is 0 Å². The molecule has 3 nitrogen and oxygen atoms in total. The summed E-state index contributed by atoms with van der Waals surface area (Å²) in [7, 11) is 0. The van der Waals surface area contributed by atoms with Crippen molar-refractivity contribution in [3.63, 3.8) is 0 Å². The Morgan fingerprint density at radius 3 is 2.74 bits per heavy atom. The smallest absolute Gasteiger partial charge is 0.370 e. The van der Waals surface area contributed by atoms with Crippen LogP contribution < -0.4 is 5.73 Å². The van der Waals surface area contributed by atoms with Crippen LogP contribution in [-0.4, -0.2) is 24.4 Å². The van der Waals surface area contributed by atoms with Gasteiger partial charge in [-0.05, 0) is 17.7 Å². The number of fused-ring (bicyclic) bond motifs is 1. The molecule has 2 N–H and O–H groups in total. The molecule has 1 heterocycles. The van der Waals surface area contributed by atoms with Crippen molar-refractivity contribution < 1.29 is 17.9 Å². The van der Waals surface area contributed by atoms with Crippen molar-refractivity contribution in [2.75, 3.05) is 13.2 Å².